The van der Waals surface area contributed by atoms with Crippen molar-refractivity contribution in [1.82, 2.24) is 9.97 Å². The number of aromatic nitrogens is 2. The molecule has 0 saturated carbocycles. The first-order valence-corrected chi connectivity index (χ1v) is 9.40. The predicted octanol–water partition coefficient (Wildman–Crippen LogP) is 3.82. The summed E-state index contributed by atoms with van der Waals surface area (Å²) < 4.78 is 5.47. The molecule has 1 saturated heterocycles. The normalized spacial score (nSPS) is 14.5. The summed E-state index contributed by atoms with van der Waals surface area (Å²) in [5.41, 5.74) is 2.24. The third-order valence-corrected chi connectivity index (χ3v) is 4.38. The largest absolute Gasteiger partial charge is 0.378 e. The van der Waals surface area contributed by atoms with Gasteiger partial charge in [0.2, 0.25) is 0 Å². The lowest BCUT2D eigenvalue weighted by atomic mass is 10.1. The van der Waals surface area contributed by atoms with Gasteiger partial charge in [0.1, 0.15) is 17.5 Å². The molecule has 0 bridgehead atoms. The summed E-state index contributed by atoms with van der Waals surface area (Å²) in [5.74, 6) is 3.10. The Morgan fingerprint density at radius 3 is 2.62 bits per heavy atom. The minimum absolute atomic E-state index is 0.670. The van der Waals surface area contributed by atoms with Crippen LogP contribution < -0.4 is 15.5 Å². The van der Waals surface area contributed by atoms with E-state index >= 15 is 0 Å². The van der Waals surface area contributed by atoms with Gasteiger partial charge in [-0.2, -0.15) is 0 Å². The minimum atomic E-state index is 0.670. The van der Waals surface area contributed by atoms with Crippen LogP contribution >= 0.6 is 0 Å². The first-order valence-electron chi connectivity index (χ1n) is 9.40. The second-order valence-electron chi connectivity index (χ2n) is 7.04. The van der Waals surface area contributed by atoms with Crippen molar-refractivity contribution in [3.8, 4) is 0 Å². The van der Waals surface area contributed by atoms with E-state index in [0.29, 0.717) is 5.92 Å². The van der Waals surface area contributed by atoms with Gasteiger partial charge in [-0.3, -0.25) is 0 Å². The Labute approximate surface area is 156 Å². The highest BCUT2D eigenvalue weighted by atomic mass is 16.5. The van der Waals surface area contributed by atoms with E-state index in [0.717, 1.165) is 62.4 Å². The van der Waals surface area contributed by atoms with Gasteiger partial charge in [-0.05, 0) is 31.4 Å². The molecule has 0 unspecified atom stereocenters. The number of nitrogens with zero attached hydrogens (tertiary/aromatic N) is 3. The molecule has 0 spiro atoms. The number of anilines is 4. The summed E-state index contributed by atoms with van der Waals surface area (Å²) >= 11 is 0. The Morgan fingerprint density at radius 2 is 1.85 bits per heavy atom. The molecule has 3 rings (SSSR count). The fourth-order valence-corrected chi connectivity index (χ4v) is 3.01. The van der Waals surface area contributed by atoms with Crippen LogP contribution in [-0.4, -0.2) is 42.8 Å². The Kier molecular flexibility index (Phi) is 6.28. The Balaban J connectivity index is 1.75. The number of nitrogens with one attached hydrogen (secondary N) is 2. The molecule has 1 aromatic carbocycles. The van der Waals surface area contributed by atoms with Crippen LogP contribution in [0.3, 0.4) is 0 Å². The molecule has 2 N–H and O–H groups in total. The molecule has 1 aliphatic heterocycles. The van der Waals surface area contributed by atoms with Crippen molar-refractivity contribution < 1.29 is 4.74 Å². The highest BCUT2D eigenvalue weighted by Crippen LogP contribution is 2.29. The van der Waals surface area contributed by atoms with E-state index in [1.54, 1.807) is 0 Å². The van der Waals surface area contributed by atoms with Crippen molar-refractivity contribution in [2.75, 3.05) is 48.4 Å². The fourth-order valence-electron chi connectivity index (χ4n) is 3.01. The van der Waals surface area contributed by atoms with Crippen molar-refractivity contribution >= 4 is 23.0 Å². The number of ether oxygens (including phenoxy) is 1. The third-order valence-electron chi connectivity index (χ3n) is 4.38. The standard InChI is InChI=1S/C20H29N5O/c1-15(2)8-9-21-19-14-20(23-16(3)22-19)24-17-6-4-5-7-18(17)25-10-12-26-13-11-25/h4-7,14-15H,8-13H2,1-3H3,(H2,21,22,23,24). The van der Waals surface area contributed by atoms with Gasteiger partial charge in [0.25, 0.3) is 0 Å². The van der Waals surface area contributed by atoms with Crippen LogP contribution in [0, 0.1) is 12.8 Å². The Hall–Kier alpha value is -2.34. The molecular weight excluding hydrogens is 326 g/mol. The monoisotopic (exact) mass is 355 g/mol. The number of morpholine rings is 1. The van der Waals surface area contributed by atoms with Gasteiger partial charge < -0.3 is 20.3 Å². The number of hydrogen-bond acceptors (Lipinski definition) is 6. The molecule has 6 nitrogen and oxygen atoms in total. The number of rotatable bonds is 7. The Bertz CT molecular complexity index is 713. The molecule has 0 amide bonds. The van der Waals surface area contributed by atoms with Crippen molar-refractivity contribution in [2.45, 2.75) is 27.2 Å². The number of hydrogen-bond donors (Lipinski definition) is 2. The predicted molar refractivity (Wildman–Crippen MR) is 107 cm³/mol. The van der Waals surface area contributed by atoms with Crippen molar-refractivity contribution in [2.24, 2.45) is 5.92 Å². The lowest BCUT2D eigenvalue weighted by Gasteiger charge is -2.30. The highest BCUT2D eigenvalue weighted by Gasteiger charge is 2.15. The van der Waals surface area contributed by atoms with Crippen LogP contribution in [0.25, 0.3) is 0 Å². The highest BCUT2D eigenvalue weighted by molar-refractivity contribution is 5.75. The SMILES string of the molecule is Cc1nc(NCCC(C)C)cc(Nc2ccccc2N2CCOCC2)n1. The molecule has 0 atom stereocenters. The van der Waals surface area contributed by atoms with E-state index in [9.17, 15) is 0 Å². The summed E-state index contributed by atoms with van der Waals surface area (Å²) in [6.07, 6.45) is 1.12. The van der Waals surface area contributed by atoms with Gasteiger partial charge in [0.05, 0.1) is 24.6 Å². The zero-order valence-electron chi connectivity index (χ0n) is 16.0. The van der Waals surface area contributed by atoms with E-state index in [1.807, 2.05) is 19.1 Å². The lowest BCUT2D eigenvalue weighted by Crippen LogP contribution is -2.36. The van der Waals surface area contributed by atoms with E-state index in [4.69, 9.17) is 4.74 Å². The second kappa shape index (κ2) is 8.85. The number of aryl methyl sites for hydroxylation is 1. The van der Waals surface area contributed by atoms with Crippen molar-refractivity contribution in [3.05, 3.63) is 36.2 Å². The van der Waals surface area contributed by atoms with Crippen LogP contribution in [0.4, 0.5) is 23.0 Å². The molecule has 2 aromatic rings. The topological polar surface area (TPSA) is 62.3 Å². The molecule has 0 radical (unpaired) electrons. The molecule has 140 valence electrons. The first-order chi connectivity index (χ1) is 12.6. The molecule has 0 aliphatic carbocycles. The second-order valence-corrected chi connectivity index (χ2v) is 7.04. The van der Waals surface area contributed by atoms with E-state index in [1.165, 1.54) is 5.69 Å². The minimum Gasteiger partial charge on any atom is -0.378 e. The molecule has 1 aliphatic rings. The Morgan fingerprint density at radius 1 is 1.12 bits per heavy atom. The summed E-state index contributed by atoms with van der Waals surface area (Å²) in [4.78, 5) is 11.4. The summed E-state index contributed by atoms with van der Waals surface area (Å²) in [6.45, 7) is 10.6. The maximum Gasteiger partial charge on any atom is 0.136 e. The quantitative estimate of drug-likeness (QED) is 0.787. The van der Waals surface area contributed by atoms with Gasteiger partial charge in [-0.1, -0.05) is 26.0 Å². The average molecular weight is 355 g/mol. The van der Waals surface area contributed by atoms with E-state index in [-0.39, 0.29) is 0 Å². The van der Waals surface area contributed by atoms with Crippen LogP contribution in [0.15, 0.2) is 30.3 Å². The van der Waals surface area contributed by atoms with Gasteiger partial charge in [-0.15, -0.1) is 0 Å². The smallest absolute Gasteiger partial charge is 0.136 e. The third kappa shape index (κ3) is 5.08. The van der Waals surface area contributed by atoms with Crippen LogP contribution in [-0.2, 0) is 4.74 Å². The molecule has 1 fully saturated rings. The maximum absolute atomic E-state index is 5.47. The first kappa shape index (κ1) is 18.5. The van der Waals surface area contributed by atoms with Crippen LogP contribution in [0.5, 0.6) is 0 Å². The van der Waals surface area contributed by atoms with Gasteiger partial charge in [-0.25, -0.2) is 9.97 Å². The fraction of sp³-hybridized carbons (Fsp3) is 0.500. The van der Waals surface area contributed by atoms with E-state index in [2.05, 4.69) is 57.5 Å². The average Bonchev–Trinajstić information content (AvgIpc) is 2.62. The summed E-state index contributed by atoms with van der Waals surface area (Å²) in [5, 5.41) is 6.88. The molecule has 2 heterocycles. The van der Waals surface area contributed by atoms with Gasteiger partial charge >= 0.3 is 0 Å². The van der Waals surface area contributed by atoms with Crippen LogP contribution in [0.1, 0.15) is 26.1 Å². The van der Waals surface area contributed by atoms with Crippen molar-refractivity contribution in [1.29, 1.82) is 0 Å². The zero-order valence-corrected chi connectivity index (χ0v) is 16.0. The van der Waals surface area contributed by atoms with Gasteiger partial charge in [0, 0.05) is 25.7 Å². The lowest BCUT2D eigenvalue weighted by molar-refractivity contribution is 0.123. The number of benzene rings is 1. The molecular formula is C20H29N5O. The van der Waals surface area contributed by atoms with Gasteiger partial charge in [0.15, 0.2) is 0 Å². The summed E-state index contributed by atoms with van der Waals surface area (Å²) in [7, 11) is 0. The molecule has 1 aromatic heterocycles. The zero-order chi connectivity index (χ0) is 18.4. The van der Waals surface area contributed by atoms with Crippen LogP contribution in [0.2, 0.25) is 0 Å². The number of para-hydroxylation sites is 2. The molecule has 6 heteroatoms. The maximum atomic E-state index is 5.47. The molecule has 26 heavy (non-hydrogen) atoms. The van der Waals surface area contributed by atoms with E-state index < -0.39 is 0 Å². The summed E-state index contributed by atoms with van der Waals surface area (Å²) in [6, 6.07) is 10.3. The van der Waals surface area contributed by atoms with Crippen molar-refractivity contribution in [3.63, 3.8) is 0 Å².